The third-order valence-electron chi connectivity index (χ3n) is 8.35. The highest BCUT2D eigenvalue weighted by atomic mass is 32.2. The molecule has 43 heavy (non-hydrogen) atoms. The number of carbonyl (C=O) groups excluding carboxylic acids is 1. The predicted molar refractivity (Wildman–Crippen MR) is 168 cm³/mol. The molecule has 6 rings (SSSR count). The van der Waals surface area contributed by atoms with E-state index < -0.39 is 10.0 Å². The van der Waals surface area contributed by atoms with Gasteiger partial charge in [0.1, 0.15) is 0 Å². The minimum Gasteiger partial charge on any atom is -0.378 e. The van der Waals surface area contributed by atoms with Crippen LogP contribution in [0.1, 0.15) is 44.2 Å². The Morgan fingerprint density at radius 1 is 0.977 bits per heavy atom. The van der Waals surface area contributed by atoms with Crippen LogP contribution in [-0.4, -0.2) is 56.6 Å². The number of nitrogens with zero attached hydrogens (tertiary/aromatic N) is 2. The molecule has 1 saturated heterocycles. The summed E-state index contributed by atoms with van der Waals surface area (Å²) in [5.74, 6) is 0.447. The van der Waals surface area contributed by atoms with Gasteiger partial charge in [0.15, 0.2) is 0 Å². The highest BCUT2D eigenvalue weighted by Gasteiger charge is 2.30. The lowest BCUT2D eigenvalue weighted by molar-refractivity contribution is -0.126. The third kappa shape index (κ3) is 7.01. The van der Waals surface area contributed by atoms with Crippen molar-refractivity contribution in [3.63, 3.8) is 0 Å². The molecule has 2 fully saturated rings. The van der Waals surface area contributed by atoms with Crippen molar-refractivity contribution in [1.29, 1.82) is 0 Å². The lowest BCUT2D eigenvalue weighted by Gasteiger charge is -2.29. The van der Waals surface area contributed by atoms with Crippen LogP contribution in [0.25, 0.3) is 11.0 Å². The van der Waals surface area contributed by atoms with Crippen molar-refractivity contribution < 1.29 is 17.9 Å². The highest BCUT2D eigenvalue weighted by Crippen LogP contribution is 2.28. The number of carbonyl (C=O) groups is 1. The summed E-state index contributed by atoms with van der Waals surface area (Å²) < 4.78 is 34.8. The molecule has 1 saturated carbocycles. The Labute approximate surface area is 252 Å². The van der Waals surface area contributed by atoms with Gasteiger partial charge in [-0.2, -0.15) is 0 Å². The number of fused-ring (bicyclic) bond motifs is 1. The number of ether oxygens (including phenoxy) is 1. The Kier molecular flexibility index (Phi) is 8.64. The third-order valence-corrected chi connectivity index (χ3v) is 9.87. The first kappa shape index (κ1) is 29.2. The number of amides is 1. The SMILES string of the molecule is C[C@@H](NC(=O)[C@H]1CC[C@H](NS(=O)(=O)c2ccc3[nH]c(Nc4ccc(N5CCOCC5)cc4)nc3c2)CC1)c1ccccc1. The summed E-state index contributed by atoms with van der Waals surface area (Å²) >= 11 is 0. The summed E-state index contributed by atoms with van der Waals surface area (Å²) in [4.78, 5) is 23.1. The minimum absolute atomic E-state index is 0.0269. The van der Waals surface area contributed by atoms with Crippen LogP contribution in [0, 0.1) is 5.92 Å². The van der Waals surface area contributed by atoms with Crippen LogP contribution < -0.4 is 20.3 Å². The van der Waals surface area contributed by atoms with Crippen molar-refractivity contribution >= 4 is 44.3 Å². The van der Waals surface area contributed by atoms with E-state index in [4.69, 9.17) is 4.74 Å². The lowest BCUT2D eigenvalue weighted by atomic mass is 9.85. The normalized spacial score (nSPS) is 20.1. The number of aromatic nitrogens is 2. The maximum Gasteiger partial charge on any atom is 0.240 e. The van der Waals surface area contributed by atoms with E-state index in [1.807, 2.05) is 49.4 Å². The van der Waals surface area contributed by atoms with E-state index >= 15 is 0 Å². The zero-order chi connectivity index (χ0) is 29.8. The largest absolute Gasteiger partial charge is 0.378 e. The van der Waals surface area contributed by atoms with Gasteiger partial charge in [-0.3, -0.25) is 4.79 Å². The van der Waals surface area contributed by atoms with Crippen molar-refractivity contribution in [2.75, 3.05) is 36.5 Å². The Morgan fingerprint density at radius 2 is 1.70 bits per heavy atom. The van der Waals surface area contributed by atoms with Gasteiger partial charge >= 0.3 is 0 Å². The van der Waals surface area contributed by atoms with E-state index in [2.05, 4.69) is 42.4 Å². The molecule has 1 atom stereocenters. The Morgan fingerprint density at radius 3 is 2.42 bits per heavy atom. The predicted octanol–water partition coefficient (Wildman–Crippen LogP) is 4.86. The van der Waals surface area contributed by atoms with Gasteiger partial charge in [0.05, 0.1) is 35.2 Å². The second kappa shape index (κ2) is 12.7. The maximum absolute atomic E-state index is 13.3. The zero-order valence-corrected chi connectivity index (χ0v) is 25.1. The molecule has 4 aromatic rings. The fourth-order valence-electron chi connectivity index (χ4n) is 5.84. The van der Waals surface area contributed by atoms with Gasteiger partial charge in [-0.1, -0.05) is 30.3 Å². The quantitative estimate of drug-likeness (QED) is 0.215. The van der Waals surface area contributed by atoms with Crippen molar-refractivity contribution in [3.05, 3.63) is 78.4 Å². The van der Waals surface area contributed by atoms with E-state index in [0.29, 0.717) is 37.1 Å². The van der Waals surface area contributed by atoms with Gasteiger partial charge in [-0.05, 0) is 80.6 Å². The number of hydrogen-bond donors (Lipinski definition) is 4. The van der Waals surface area contributed by atoms with E-state index in [9.17, 15) is 13.2 Å². The van der Waals surface area contributed by atoms with Crippen molar-refractivity contribution in [3.8, 4) is 0 Å². The van der Waals surface area contributed by atoms with Gasteiger partial charge in [-0.25, -0.2) is 18.1 Å². The summed E-state index contributed by atoms with van der Waals surface area (Å²) in [5, 5.41) is 6.38. The van der Waals surface area contributed by atoms with Gasteiger partial charge in [0.2, 0.25) is 21.9 Å². The minimum atomic E-state index is -3.75. The zero-order valence-electron chi connectivity index (χ0n) is 24.3. The number of aromatic amines is 1. The topological polar surface area (TPSA) is 128 Å². The van der Waals surface area contributed by atoms with Crippen LogP contribution in [0.3, 0.4) is 0 Å². The Hall–Kier alpha value is -3.93. The molecule has 4 N–H and O–H groups in total. The smallest absolute Gasteiger partial charge is 0.240 e. The molecule has 1 aliphatic heterocycles. The van der Waals surface area contributed by atoms with Crippen LogP contribution in [0.15, 0.2) is 77.7 Å². The molecule has 0 radical (unpaired) electrons. The van der Waals surface area contributed by atoms with E-state index in [1.54, 1.807) is 18.2 Å². The van der Waals surface area contributed by atoms with Crippen LogP contribution in [-0.2, 0) is 19.6 Å². The van der Waals surface area contributed by atoms with Crippen molar-refractivity contribution in [2.24, 2.45) is 5.92 Å². The molecular formula is C32H38N6O4S. The molecule has 11 heteroatoms. The first-order chi connectivity index (χ1) is 20.8. The summed E-state index contributed by atoms with van der Waals surface area (Å²) in [6.45, 7) is 5.21. The number of anilines is 3. The number of nitrogens with one attached hydrogen (secondary N) is 4. The molecular weight excluding hydrogens is 564 g/mol. The molecule has 226 valence electrons. The first-order valence-electron chi connectivity index (χ1n) is 14.9. The van der Waals surface area contributed by atoms with Gasteiger partial charge in [-0.15, -0.1) is 0 Å². The van der Waals surface area contributed by atoms with Crippen LogP contribution in [0.4, 0.5) is 17.3 Å². The Bertz CT molecular complexity index is 1640. The maximum atomic E-state index is 13.3. The average Bonchev–Trinajstić information content (AvgIpc) is 3.44. The van der Waals surface area contributed by atoms with E-state index in [1.165, 1.54) is 0 Å². The van der Waals surface area contributed by atoms with E-state index in [-0.39, 0.29) is 28.8 Å². The van der Waals surface area contributed by atoms with Crippen LogP contribution in [0.2, 0.25) is 0 Å². The summed E-state index contributed by atoms with van der Waals surface area (Å²) in [5.41, 5.74) is 4.39. The molecule has 0 unspecified atom stereocenters. The van der Waals surface area contributed by atoms with Gasteiger partial charge in [0, 0.05) is 36.4 Å². The number of morpholine rings is 1. The standard InChI is InChI=1S/C32H38N6O4S/c1-22(23-5-3-2-4-6-23)33-31(39)24-7-9-26(10-8-24)37-43(40,41)28-15-16-29-30(21-28)36-32(35-29)34-25-11-13-27(14-12-25)38-17-19-42-20-18-38/h2-6,11-16,21-22,24,26,37H,7-10,17-20H2,1H3,(H,33,39)(H2,34,35,36)/t22-,24-,26-/m1/s1. The molecule has 1 amide bonds. The molecule has 0 spiro atoms. The summed E-state index contributed by atoms with van der Waals surface area (Å²) in [6, 6.07) is 22.6. The number of H-pyrrole nitrogens is 1. The number of benzene rings is 3. The monoisotopic (exact) mass is 602 g/mol. The molecule has 1 aromatic heterocycles. The lowest BCUT2D eigenvalue weighted by Crippen LogP contribution is -2.41. The van der Waals surface area contributed by atoms with E-state index in [0.717, 1.165) is 48.8 Å². The van der Waals surface area contributed by atoms with Crippen molar-refractivity contribution in [2.45, 2.75) is 49.6 Å². The fraction of sp³-hybridized carbons (Fsp3) is 0.375. The molecule has 1 aliphatic carbocycles. The van der Waals surface area contributed by atoms with Crippen molar-refractivity contribution in [1.82, 2.24) is 20.0 Å². The van der Waals surface area contributed by atoms with Crippen LogP contribution >= 0.6 is 0 Å². The summed E-state index contributed by atoms with van der Waals surface area (Å²) in [7, 11) is -3.75. The molecule has 2 aliphatic rings. The average molecular weight is 603 g/mol. The summed E-state index contributed by atoms with van der Waals surface area (Å²) in [6.07, 6.45) is 2.50. The number of sulfonamides is 1. The van der Waals surface area contributed by atoms with Gasteiger partial charge in [0.25, 0.3) is 0 Å². The molecule has 3 aromatic carbocycles. The fourth-order valence-corrected chi connectivity index (χ4v) is 7.17. The molecule has 10 nitrogen and oxygen atoms in total. The van der Waals surface area contributed by atoms with Crippen LogP contribution in [0.5, 0.6) is 0 Å². The number of rotatable bonds is 9. The Balaban J connectivity index is 1.04. The molecule has 2 heterocycles. The number of imidazole rings is 1. The molecule has 0 bridgehead atoms. The van der Waals surface area contributed by atoms with Gasteiger partial charge < -0.3 is 25.3 Å². The first-order valence-corrected chi connectivity index (χ1v) is 16.4. The second-order valence-corrected chi connectivity index (χ2v) is 13.1. The number of hydrogen-bond acceptors (Lipinski definition) is 7. The second-order valence-electron chi connectivity index (χ2n) is 11.3. The highest BCUT2D eigenvalue weighted by molar-refractivity contribution is 7.89.